The average Bonchev–Trinajstić information content (AvgIpc) is 2.65. The summed E-state index contributed by atoms with van der Waals surface area (Å²) in [7, 11) is 1.56. The third-order valence-electron chi connectivity index (χ3n) is 4.04. The highest BCUT2D eigenvalue weighted by atomic mass is 35.5. The molecule has 0 atom stereocenters. The highest BCUT2D eigenvalue weighted by Crippen LogP contribution is 2.28. The van der Waals surface area contributed by atoms with Crippen molar-refractivity contribution in [3.8, 4) is 5.75 Å². The Labute approximate surface area is 162 Å². The monoisotopic (exact) mass is 382 g/mol. The fourth-order valence-electron chi connectivity index (χ4n) is 2.63. The van der Waals surface area contributed by atoms with Gasteiger partial charge in [0.15, 0.2) is 0 Å². The lowest BCUT2D eigenvalue weighted by molar-refractivity contribution is 0.102. The van der Waals surface area contributed by atoms with Crippen molar-refractivity contribution in [1.29, 1.82) is 0 Å². The summed E-state index contributed by atoms with van der Waals surface area (Å²) >= 11 is 6.14. The van der Waals surface area contributed by atoms with Crippen LogP contribution < -0.4 is 15.4 Å². The normalized spacial score (nSPS) is 10.4. The van der Waals surface area contributed by atoms with Crippen molar-refractivity contribution in [2.24, 2.45) is 0 Å². The van der Waals surface area contributed by atoms with Crippen LogP contribution in [0.15, 0.2) is 48.8 Å². The molecule has 2 N–H and O–H groups in total. The van der Waals surface area contributed by atoms with Crippen molar-refractivity contribution >= 4 is 34.7 Å². The van der Waals surface area contributed by atoms with Gasteiger partial charge in [-0.05, 0) is 43.2 Å². The summed E-state index contributed by atoms with van der Waals surface area (Å²) in [6, 6.07) is 12.7. The second-order valence-corrected chi connectivity index (χ2v) is 6.39. The van der Waals surface area contributed by atoms with Crippen LogP contribution in [0.25, 0.3) is 0 Å². The average molecular weight is 383 g/mol. The zero-order chi connectivity index (χ0) is 19.4. The number of halogens is 1. The SMILES string of the molecule is COc1ccc(Nc2cc(C(=O)Nc3c(C)cccc3C)ncn2)cc1Cl. The number of benzene rings is 2. The number of nitrogens with one attached hydrogen (secondary N) is 2. The fourth-order valence-corrected chi connectivity index (χ4v) is 2.89. The Morgan fingerprint density at radius 2 is 1.81 bits per heavy atom. The minimum Gasteiger partial charge on any atom is -0.495 e. The van der Waals surface area contributed by atoms with E-state index in [1.165, 1.54) is 6.33 Å². The Bertz CT molecular complexity index is 971. The summed E-state index contributed by atoms with van der Waals surface area (Å²) < 4.78 is 5.14. The first-order valence-electron chi connectivity index (χ1n) is 8.28. The van der Waals surface area contributed by atoms with Crippen molar-refractivity contribution in [2.45, 2.75) is 13.8 Å². The molecule has 0 saturated heterocycles. The van der Waals surface area contributed by atoms with Gasteiger partial charge in [0.1, 0.15) is 23.6 Å². The summed E-state index contributed by atoms with van der Waals surface area (Å²) in [5.41, 5.74) is 3.75. The largest absolute Gasteiger partial charge is 0.495 e. The van der Waals surface area contributed by atoms with Gasteiger partial charge in [-0.15, -0.1) is 0 Å². The molecule has 3 aromatic rings. The molecular weight excluding hydrogens is 364 g/mol. The zero-order valence-electron chi connectivity index (χ0n) is 15.2. The Morgan fingerprint density at radius 3 is 2.48 bits per heavy atom. The standard InChI is InChI=1S/C20H19ClN4O2/c1-12-5-4-6-13(2)19(12)25-20(26)16-10-18(23-11-22-16)24-14-7-8-17(27-3)15(21)9-14/h4-11H,1-3H3,(H,25,26)(H,22,23,24). The molecule has 0 unspecified atom stereocenters. The number of aromatic nitrogens is 2. The summed E-state index contributed by atoms with van der Waals surface area (Å²) in [5, 5.41) is 6.50. The number of rotatable bonds is 5. The van der Waals surface area contributed by atoms with E-state index in [2.05, 4.69) is 20.6 Å². The fraction of sp³-hybridized carbons (Fsp3) is 0.150. The summed E-state index contributed by atoms with van der Waals surface area (Å²) in [6.07, 6.45) is 1.34. The second kappa shape index (κ2) is 8.05. The van der Waals surface area contributed by atoms with E-state index in [4.69, 9.17) is 16.3 Å². The Hall–Kier alpha value is -3.12. The van der Waals surface area contributed by atoms with Crippen molar-refractivity contribution < 1.29 is 9.53 Å². The number of hydrogen-bond donors (Lipinski definition) is 2. The second-order valence-electron chi connectivity index (χ2n) is 5.98. The number of anilines is 3. The highest BCUT2D eigenvalue weighted by Gasteiger charge is 2.12. The number of ether oxygens (including phenoxy) is 1. The number of methoxy groups -OCH3 is 1. The van der Waals surface area contributed by atoms with E-state index < -0.39 is 0 Å². The number of aryl methyl sites for hydroxylation is 2. The lowest BCUT2D eigenvalue weighted by Gasteiger charge is -2.12. The maximum Gasteiger partial charge on any atom is 0.274 e. The van der Waals surface area contributed by atoms with Crippen LogP contribution in [0.2, 0.25) is 5.02 Å². The number of nitrogens with zero attached hydrogens (tertiary/aromatic N) is 2. The van der Waals surface area contributed by atoms with Crippen molar-refractivity contribution in [2.75, 3.05) is 17.7 Å². The predicted molar refractivity (Wildman–Crippen MR) is 107 cm³/mol. The topological polar surface area (TPSA) is 76.1 Å². The highest BCUT2D eigenvalue weighted by molar-refractivity contribution is 6.32. The van der Waals surface area contributed by atoms with Gasteiger partial charge in [-0.25, -0.2) is 9.97 Å². The molecule has 6 nitrogen and oxygen atoms in total. The molecule has 0 aliphatic heterocycles. The van der Waals surface area contributed by atoms with Crippen LogP contribution in [-0.2, 0) is 0 Å². The van der Waals surface area contributed by atoms with E-state index in [1.807, 2.05) is 38.1 Å². The van der Waals surface area contributed by atoms with Gasteiger partial charge in [-0.3, -0.25) is 4.79 Å². The number of carbonyl (C=O) groups excluding carboxylic acids is 1. The first-order valence-corrected chi connectivity index (χ1v) is 8.66. The zero-order valence-corrected chi connectivity index (χ0v) is 16.0. The van der Waals surface area contributed by atoms with Gasteiger partial charge in [-0.1, -0.05) is 29.8 Å². The maximum absolute atomic E-state index is 12.6. The Balaban J connectivity index is 1.79. The van der Waals surface area contributed by atoms with E-state index in [0.29, 0.717) is 16.6 Å². The van der Waals surface area contributed by atoms with Crippen LogP contribution in [-0.4, -0.2) is 23.0 Å². The molecule has 1 heterocycles. The number of amides is 1. The molecule has 0 aliphatic rings. The van der Waals surface area contributed by atoms with Gasteiger partial charge in [0.25, 0.3) is 5.91 Å². The molecular formula is C20H19ClN4O2. The molecule has 0 saturated carbocycles. The van der Waals surface area contributed by atoms with E-state index in [-0.39, 0.29) is 11.6 Å². The van der Waals surface area contributed by atoms with E-state index >= 15 is 0 Å². The van der Waals surface area contributed by atoms with E-state index in [1.54, 1.807) is 25.3 Å². The van der Waals surface area contributed by atoms with Crippen LogP contribution in [0.4, 0.5) is 17.2 Å². The van der Waals surface area contributed by atoms with Crippen molar-refractivity contribution in [3.63, 3.8) is 0 Å². The summed E-state index contributed by atoms with van der Waals surface area (Å²) in [5.74, 6) is 0.766. The quantitative estimate of drug-likeness (QED) is 0.665. The number of para-hydroxylation sites is 1. The first-order chi connectivity index (χ1) is 13.0. The Kier molecular flexibility index (Phi) is 5.57. The van der Waals surface area contributed by atoms with Gasteiger partial charge in [0.2, 0.25) is 0 Å². The number of hydrogen-bond acceptors (Lipinski definition) is 5. The van der Waals surface area contributed by atoms with Gasteiger partial charge in [0, 0.05) is 17.4 Å². The van der Waals surface area contributed by atoms with E-state index in [0.717, 1.165) is 22.5 Å². The van der Waals surface area contributed by atoms with Gasteiger partial charge >= 0.3 is 0 Å². The predicted octanol–water partition coefficient (Wildman–Crippen LogP) is 4.75. The molecule has 3 rings (SSSR count). The minimum atomic E-state index is -0.300. The smallest absolute Gasteiger partial charge is 0.274 e. The molecule has 1 amide bonds. The van der Waals surface area contributed by atoms with Crippen molar-refractivity contribution in [1.82, 2.24) is 9.97 Å². The molecule has 0 radical (unpaired) electrons. The van der Waals surface area contributed by atoms with Crippen LogP contribution in [0.3, 0.4) is 0 Å². The summed E-state index contributed by atoms with van der Waals surface area (Å²) in [4.78, 5) is 20.8. The molecule has 0 aliphatic carbocycles. The van der Waals surface area contributed by atoms with E-state index in [9.17, 15) is 4.79 Å². The van der Waals surface area contributed by atoms with Gasteiger partial charge in [-0.2, -0.15) is 0 Å². The summed E-state index contributed by atoms with van der Waals surface area (Å²) in [6.45, 7) is 3.89. The molecule has 2 aromatic carbocycles. The Morgan fingerprint density at radius 1 is 1.07 bits per heavy atom. The molecule has 7 heteroatoms. The van der Waals surface area contributed by atoms with Crippen LogP contribution in [0.5, 0.6) is 5.75 Å². The van der Waals surface area contributed by atoms with Gasteiger partial charge in [0.05, 0.1) is 12.1 Å². The van der Waals surface area contributed by atoms with Crippen LogP contribution >= 0.6 is 11.6 Å². The first kappa shape index (κ1) is 18.7. The molecule has 0 fully saturated rings. The van der Waals surface area contributed by atoms with Gasteiger partial charge < -0.3 is 15.4 Å². The third kappa shape index (κ3) is 4.35. The molecule has 0 bridgehead atoms. The van der Waals surface area contributed by atoms with Crippen LogP contribution in [0.1, 0.15) is 21.6 Å². The molecule has 1 aromatic heterocycles. The molecule has 27 heavy (non-hydrogen) atoms. The third-order valence-corrected chi connectivity index (χ3v) is 4.34. The molecule has 0 spiro atoms. The van der Waals surface area contributed by atoms with Crippen LogP contribution in [0, 0.1) is 13.8 Å². The molecule has 138 valence electrons. The minimum absolute atomic E-state index is 0.259. The lowest BCUT2D eigenvalue weighted by atomic mass is 10.1. The van der Waals surface area contributed by atoms with Crippen molar-refractivity contribution in [3.05, 3.63) is 70.6 Å². The maximum atomic E-state index is 12.6. The number of carbonyl (C=O) groups is 1. The lowest BCUT2D eigenvalue weighted by Crippen LogP contribution is -2.15.